The van der Waals surface area contributed by atoms with Crippen molar-refractivity contribution in [2.24, 2.45) is 0 Å². The molecule has 3 N–H and O–H groups in total. The zero-order valence-corrected chi connectivity index (χ0v) is 8.41. The summed E-state index contributed by atoms with van der Waals surface area (Å²) >= 11 is 0. The molecule has 0 atom stereocenters. The van der Waals surface area contributed by atoms with Gasteiger partial charge in [-0.15, -0.1) is 0 Å². The maximum atomic E-state index is 12.4. The Labute approximate surface area is 89.9 Å². The number of nitrogens with zero attached hydrogens (tertiary/aromatic N) is 1. The van der Waals surface area contributed by atoms with Crippen LogP contribution in [-0.2, 0) is 4.74 Å². The van der Waals surface area contributed by atoms with Crippen LogP contribution in [0, 0.1) is 0 Å². The first-order chi connectivity index (χ1) is 7.47. The van der Waals surface area contributed by atoms with Crippen LogP contribution >= 0.6 is 0 Å². The molecule has 0 unspecified atom stereocenters. The van der Waals surface area contributed by atoms with Crippen molar-refractivity contribution in [2.45, 2.75) is 13.3 Å². The minimum atomic E-state index is -3.02. The molecule has 0 saturated carbocycles. The van der Waals surface area contributed by atoms with Gasteiger partial charge in [0, 0.05) is 0 Å². The number of hydrogen-bond donors (Lipinski definition) is 2. The van der Waals surface area contributed by atoms with E-state index in [0.717, 1.165) is 6.07 Å². The number of ether oxygens (including phenoxy) is 1. The van der Waals surface area contributed by atoms with E-state index in [0.29, 0.717) is 0 Å². The lowest BCUT2D eigenvalue weighted by molar-refractivity contribution is 0.0518. The van der Waals surface area contributed by atoms with Gasteiger partial charge in [-0.1, -0.05) is 0 Å². The maximum absolute atomic E-state index is 12.4. The average Bonchev–Trinajstić information content (AvgIpc) is 2.21. The van der Waals surface area contributed by atoms with Gasteiger partial charge >= 0.3 is 5.97 Å². The molecular weight excluding hydrogens is 222 g/mol. The first-order valence-electron chi connectivity index (χ1n) is 4.42. The van der Waals surface area contributed by atoms with E-state index in [-0.39, 0.29) is 18.0 Å². The van der Waals surface area contributed by atoms with Gasteiger partial charge in [-0.25, -0.2) is 18.6 Å². The number of nitrogens with two attached hydrogens (primary N) is 1. The molecule has 0 spiro atoms. The molecule has 0 saturated heterocycles. The highest BCUT2D eigenvalue weighted by Gasteiger charge is 2.21. The molecule has 0 bridgehead atoms. The second kappa shape index (κ2) is 4.73. The first kappa shape index (κ1) is 12.2. The average molecular weight is 232 g/mol. The summed E-state index contributed by atoms with van der Waals surface area (Å²) in [4.78, 5) is 14.5. The molecule has 1 heterocycles. The van der Waals surface area contributed by atoms with Gasteiger partial charge in [0.2, 0.25) is 0 Å². The van der Waals surface area contributed by atoms with Gasteiger partial charge in [0.1, 0.15) is 0 Å². The Bertz CT molecular complexity index is 410. The predicted octanol–water partition coefficient (Wildman–Crippen LogP) is 1.48. The molecule has 88 valence electrons. The molecule has 0 fully saturated rings. The maximum Gasteiger partial charge on any atom is 0.357 e. The number of rotatable bonds is 3. The lowest BCUT2D eigenvalue weighted by Crippen LogP contribution is -2.10. The van der Waals surface area contributed by atoms with Gasteiger partial charge in [-0.05, 0) is 13.0 Å². The van der Waals surface area contributed by atoms with Crippen molar-refractivity contribution in [3.8, 4) is 5.75 Å². The van der Waals surface area contributed by atoms with Crippen molar-refractivity contribution in [1.29, 1.82) is 0 Å². The molecule has 5 nitrogen and oxygen atoms in total. The van der Waals surface area contributed by atoms with Gasteiger partial charge in [-0.2, -0.15) is 0 Å². The van der Waals surface area contributed by atoms with Crippen molar-refractivity contribution in [2.75, 3.05) is 12.3 Å². The normalized spacial score (nSPS) is 10.5. The number of esters is 1. The molecule has 1 aromatic heterocycles. The number of aromatic nitrogens is 1. The van der Waals surface area contributed by atoms with Crippen molar-refractivity contribution >= 4 is 11.7 Å². The summed E-state index contributed by atoms with van der Waals surface area (Å²) in [5.41, 5.74) is 3.64. The fraction of sp³-hybridized carbons (Fsp3) is 0.333. The fourth-order valence-electron chi connectivity index (χ4n) is 1.04. The van der Waals surface area contributed by atoms with Crippen molar-refractivity contribution < 1.29 is 23.4 Å². The van der Waals surface area contributed by atoms with Crippen LogP contribution in [0.4, 0.5) is 14.5 Å². The number of aromatic hydroxyl groups is 1. The molecule has 0 radical (unpaired) electrons. The van der Waals surface area contributed by atoms with Crippen molar-refractivity contribution in [3.05, 3.63) is 17.5 Å². The highest BCUT2D eigenvalue weighted by Crippen LogP contribution is 2.31. The largest absolute Gasteiger partial charge is 0.504 e. The molecular formula is C9H10F2N2O3. The second-order valence-electron chi connectivity index (χ2n) is 2.85. The summed E-state index contributed by atoms with van der Waals surface area (Å²) in [6.07, 6.45) is -3.02. The summed E-state index contributed by atoms with van der Waals surface area (Å²) in [6.45, 7) is 1.65. The first-order valence-corrected chi connectivity index (χ1v) is 4.42. The molecule has 1 aromatic rings. The fourth-order valence-corrected chi connectivity index (χ4v) is 1.04. The van der Waals surface area contributed by atoms with E-state index >= 15 is 0 Å². The minimum Gasteiger partial charge on any atom is -0.504 e. The van der Waals surface area contributed by atoms with Crippen LogP contribution in [0.25, 0.3) is 0 Å². The Hall–Kier alpha value is -1.92. The van der Waals surface area contributed by atoms with E-state index in [1.165, 1.54) is 0 Å². The lowest BCUT2D eigenvalue weighted by Gasteiger charge is -2.08. The monoisotopic (exact) mass is 232 g/mol. The number of anilines is 1. The number of carbonyl (C=O) groups excluding carboxylic acids is 1. The van der Waals surface area contributed by atoms with Gasteiger partial charge in [0.25, 0.3) is 6.43 Å². The Balaban J connectivity index is 3.18. The molecule has 16 heavy (non-hydrogen) atoms. The minimum absolute atomic E-state index is 0.0886. The molecule has 0 amide bonds. The van der Waals surface area contributed by atoms with Gasteiger partial charge in [-0.3, -0.25) is 0 Å². The van der Waals surface area contributed by atoms with Crippen LogP contribution in [0.1, 0.15) is 29.5 Å². The standard InChI is InChI=1S/C9H10F2N2O3/c1-2-16-9(15)5-3-4(12)7(14)6(13-5)8(10)11/h3,8,14H,2H2,1H3,(H2,12,13). The number of pyridine rings is 1. The van der Waals surface area contributed by atoms with Crippen LogP contribution < -0.4 is 5.73 Å². The number of nitrogen functional groups attached to an aromatic ring is 1. The number of carbonyl (C=O) groups is 1. The highest BCUT2D eigenvalue weighted by atomic mass is 19.3. The van der Waals surface area contributed by atoms with Gasteiger partial charge in [0.15, 0.2) is 17.1 Å². The molecule has 0 aliphatic rings. The van der Waals surface area contributed by atoms with E-state index in [9.17, 15) is 18.7 Å². The molecule has 0 aliphatic carbocycles. The Morgan fingerprint density at radius 2 is 2.31 bits per heavy atom. The number of alkyl halides is 2. The highest BCUT2D eigenvalue weighted by molar-refractivity contribution is 5.88. The van der Waals surface area contributed by atoms with Gasteiger partial charge in [0.05, 0.1) is 12.3 Å². The van der Waals surface area contributed by atoms with E-state index < -0.39 is 23.8 Å². The number of halogens is 2. The Morgan fingerprint density at radius 1 is 1.69 bits per heavy atom. The molecule has 1 rings (SSSR count). The third kappa shape index (κ3) is 2.36. The molecule has 7 heteroatoms. The molecule has 0 aromatic carbocycles. The number of hydrogen-bond acceptors (Lipinski definition) is 5. The zero-order chi connectivity index (χ0) is 12.3. The quantitative estimate of drug-likeness (QED) is 0.771. The summed E-state index contributed by atoms with van der Waals surface area (Å²) in [6, 6.07) is 0.985. The SMILES string of the molecule is CCOC(=O)c1cc(N)c(O)c(C(F)F)n1. The van der Waals surface area contributed by atoms with Gasteiger partial charge < -0.3 is 15.6 Å². The van der Waals surface area contributed by atoms with E-state index in [4.69, 9.17) is 5.73 Å². The summed E-state index contributed by atoms with van der Waals surface area (Å²) in [7, 11) is 0. The summed E-state index contributed by atoms with van der Waals surface area (Å²) in [5, 5.41) is 9.18. The smallest absolute Gasteiger partial charge is 0.357 e. The van der Waals surface area contributed by atoms with Crippen LogP contribution in [0.5, 0.6) is 5.75 Å². The third-order valence-electron chi connectivity index (χ3n) is 1.74. The Morgan fingerprint density at radius 3 is 2.81 bits per heavy atom. The van der Waals surface area contributed by atoms with Crippen LogP contribution in [0.15, 0.2) is 6.07 Å². The third-order valence-corrected chi connectivity index (χ3v) is 1.74. The van der Waals surface area contributed by atoms with Crippen molar-refractivity contribution in [1.82, 2.24) is 4.98 Å². The Kier molecular flexibility index (Phi) is 3.60. The summed E-state index contributed by atoms with van der Waals surface area (Å²) < 4.78 is 29.4. The van der Waals surface area contributed by atoms with E-state index in [1.807, 2.05) is 0 Å². The molecule has 0 aliphatic heterocycles. The lowest BCUT2D eigenvalue weighted by atomic mass is 10.2. The van der Waals surface area contributed by atoms with Crippen LogP contribution in [0.3, 0.4) is 0 Å². The topological polar surface area (TPSA) is 85.4 Å². The summed E-state index contributed by atoms with van der Waals surface area (Å²) in [5.74, 6) is -1.68. The van der Waals surface area contributed by atoms with E-state index in [1.54, 1.807) is 6.92 Å². The zero-order valence-electron chi connectivity index (χ0n) is 8.41. The van der Waals surface area contributed by atoms with Crippen LogP contribution in [0.2, 0.25) is 0 Å². The van der Waals surface area contributed by atoms with E-state index in [2.05, 4.69) is 9.72 Å². The van der Waals surface area contributed by atoms with Crippen molar-refractivity contribution in [3.63, 3.8) is 0 Å². The second-order valence-corrected chi connectivity index (χ2v) is 2.85. The van der Waals surface area contributed by atoms with Crippen LogP contribution in [-0.4, -0.2) is 22.7 Å². The predicted molar refractivity (Wildman–Crippen MR) is 51.2 cm³/mol.